The Bertz CT molecular complexity index is 414. The van der Waals surface area contributed by atoms with Crippen LogP contribution in [0.1, 0.15) is 31.2 Å². The highest BCUT2D eigenvalue weighted by atomic mass is 35.5. The molecule has 2 aliphatic carbocycles. The zero-order chi connectivity index (χ0) is 12.0. The molecule has 1 N–H and O–H groups in total. The Hall–Kier alpha value is -0.600. The minimum atomic E-state index is -0.692. The van der Waals surface area contributed by atoms with Gasteiger partial charge in [0, 0.05) is 17.0 Å². The lowest BCUT2D eigenvalue weighted by molar-refractivity contribution is 0.118. The number of rotatable bonds is 2. The predicted octanol–water partition coefficient (Wildman–Crippen LogP) is 3.57. The van der Waals surface area contributed by atoms with E-state index in [1.54, 1.807) is 12.1 Å². The molecular weight excluding hydrogens is 239 g/mol. The van der Waals surface area contributed by atoms with Gasteiger partial charge in [-0.3, -0.25) is 0 Å². The van der Waals surface area contributed by atoms with Gasteiger partial charge < -0.3 is 5.11 Å². The van der Waals surface area contributed by atoms with Crippen LogP contribution in [0.25, 0.3) is 0 Å². The Morgan fingerprint density at radius 3 is 2.53 bits per heavy atom. The van der Waals surface area contributed by atoms with Crippen LogP contribution < -0.4 is 0 Å². The third kappa shape index (κ3) is 1.78. The molecule has 0 saturated heterocycles. The van der Waals surface area contributed by atoms with Crippen LogP contribution in [0.15, 0.2) is 18.2 Å². The number of aliphatic hydroxyl groups is 1. The first kappa shape index (κ1) is 11.5. The fourth-order valence-corrected chi connectivity index (χ4v) is 3.69. The highest BCUT2D eigenvalue weighted by Crippen LogP contribution is 2.60. The molecule has 1 aromatic carbocycles. The SMILES string of the molecule is OC1(Cc2c(F)cccc2Cl)C2CCCCC21. The lowest BCUT2D eigenvalue weighted by atomic mass is 10.0. The Balaban J connectivity index is 1.84. The molecule has 17 heavy (non-hydrogen) atoms. The van der Waals surface area contributed by atoms with E-state index in [9.17, 15) is 9.50 Å². The molecule has 0 spiro atoms. The maximum Gasteiger partial charge on any atom is 0.127 e. The topological polar surface area (TPSA) is 20.2 Å². The number of hydrogen-bond donors (Lipinski definition) is 1. The number of hydrogen-bond acceptors (Lipinski definition) is 1. The molecule has 0 amide bonds. The Kier molecular flexibility index (Phi) is 2.68. The van der Waals surface area contributed by atoms with Crippen LogP contribution in [-0.4, -0.2) is 10.7 Å². The van der Waals surface area contributed by atoms with Crippen molar-refractivity contribution in [3.63, 3.8) is 0 Å². The van der Waals surface area contributed by atoms with Gasteiger partial charge in [0.05, 0.1) is 5.60 Å². The second kappa shape index (κ2) is 3.96. The van der Waals surface area contributed by atoms with Crippen molar-refractivity contribution < 1.29 is 9.50 Å². The van der Waals surface area contributed by atoms with Crippen LogP contribution in [0.5, 0.6) is 0 Å². The minimum absolute atomic E-state index is 0.297. The maximum atomic E-state index is 13.7. The first-order chi connectivity index (χ1) is 8.13. The second-order valence-electron chi connectivity index (χ2n) is 5.37. The standard InChI is InChI=1S/C14H16ClFO/c15-12-6-3-7-13(16)9(12)8-14(17)10-4-1-2-5-11(10)14/h3,6-7,10-11,17H,1-2,4-5,8H2. The molecule has 2 atom stereocenters. The summed E-state index contributed by atoms with van der Waals surface area (Å²) in [6.45, 7) is 0. The summed E-state index contributed by atoms with van der Waals surface area (Å²) >= 11 is 6.01. The zero-order valence-electron chi connectivity index (χ0n) is 9.63. The summed E-state index contributed by atoms with van der Waals surface area (Å²) in [5.74, 6) is 0.438. The van der Waals surface area contributed by atoms with Crippen molar-refractivity contribution in [2.24, 2.45) is 11.8 Å². The van der Waals surface area contributed by atoms with Crippen LogP contribution in [0.2, 0.25) is 5.02 Å². The number of halogens is 2. The molecule has 2 fully saturated rings. The van der Waals surface area contributed by atoms with E-state index in [-0.39, 0.29) is 5.82 Å². The average Bonchev–Trinajstić information content (AvgIpc) is 2.91. The molecule has 0 aliphatic heterocycles. The smallest absolute Gasteiger partial charge is 0.127 e. The van der Waals surface area contributed by atoms with Gasteiger partial charge in [0.1, 0.15) is 5.82 Å². The van der Waals surface area contributed by atoms with Crippen LogP contribution in [-0.2, 0) is 6.42 Å². The summed E-state index contributed by atoms with van der Waals surface area (Å²) in [5.41, 5.74) is -0.214. The lowest BCUT2D eigenvalue weighted by Gasteiger charge is -2.12. The van der Waals surface area contributed by atoms with Gasteiger partial charge in [-0.1, -0.05) is 30.5 Å². The molecule has 0 bridgehead atoms. The second-order valence-corrected chi connectivity index (χ2v) is 5.77. The van der Waals surface area contributed by atoms with E-state index in [0.717, 1.165) is 12.8 Å². The molecule has 2 aliphatic rings. The van der Waals surface area contributed by atoms with Crippen LogP contribution in [0.3, 0.4) is 0 Å². The molecule has 0 aromatic heterocycles. The summed E-state index contributed by atoms with van der Waals surface area (Å²) in [6.07, 6.45) is 4.90. The van der Waals surface area contributed by atoms with Crippen molar-refractivity contribution in [3.8, 4) is 0 Å². The van der Waals surface area contributed by atoms with Gasteiger partial charge in [-0.25, -0.2) is 4.39 Å². The summed E-state index contributed by atoms with van der Waals surface area (Å²) in [6, 6.07) is 4.71. The van der Waals surface area contributed by atoms with Crippen molar-refractivity contribution in [2.45, 2.75) is 37.7 Å². The van der Waals surface area contributed by atoms with Crippen molar-refractivity contribution in [1.82, 2.24) is 0 Å². The third-order valence-electron chi connectivity index (χ3n) is 4.46. The lowest BCUT2D eigenvalue weighted by Crippen LogP contribution is -2.18. The third-order valence-corrected chi connectivity index (χ3v) is 4.82. The van der Waals surface area contributed by atoms with Crippen LogP contribution in [0, 0.1) is 17.7 Å². The predicted molar refractivity (Wildman–Crippen MR) is 65.5 cm³/mol. The molecule has 1 aromatic rings. The van der Waals surface area contributed by atoms with E-state index in [2.05, 4.69) is 0 Å². The summed E-state index contributed by atoms with van der Waals surface area (Å²) in [4.78, 5) is 0. The first-order valence-corrected chi connectivity index (χ1v) is 6.66. The molecular formula is C14H16ClFO. The van der Waals surface area contributed by atoms with E-state index in [1.165, 1.54) is 18.9 Å². The molecule has 3 heteroatoms. The first-order valence-electron chi connectivity index (χ1n) is 6.28. The fraction of sp³-hybridized carbons (Fsp3) is 0.571. The number of benzene rings is 1. The fourth-order valence-electron chi connectivity index (χ4n) is 3.47. The highest BCUT2D eigenvalue weighted by Gasteiger charge is 2.63. The minimum Gasteiger partial charge on any atom is -0.389 e. The zero-order valence-corrected chi connectivity index (χ0v) is 10.4. The Morgan fingerprint density at radius 2 is 1.94 bits per heavy atom. The maximum absolute atomic E-state index is 13.7. The van der Waals surface area contributed by atoms with Crippen LogP contribution >= 0.6 is 11.6 Å². The molecule has 2 unspecified atom stereocenters. The molecule has 2 saturated carbocycles. The summed E-state index contributed by atoms with van der Waals surface area (Å²) < 4.78 is 13.7. The van der Waals surface area contributed by atoms with E-state index < -0.39 is 5.60 Å². The molecule has 3 rings (SSSR count). The highest BCUT2D eigenvalue weighted by molar-refractivity contribution is 6.31. The molecule has 0 heterocycles. The normalized spacial score (nSPS) is 35.5. The molecule has 92 valence electrons. The average molecular weight is 255 g/mol. The van der Waals surface area contributed by atoms with E-state index >= 15 is 0 Å². The Morgan fingerprint density at radius 1 is 1.29 bits per heavy atom. The van der Waals surface area contributed by atoms with Gasteiger partial charge >= 0.3 is 0 Å². The molecule has 0 radical (unpaired) electrons. The van der Waals surface area contributed by atoms with Gasteiger partial charge in [-0.2, -0.15) is 0 Å². The van der Waals surface area contributed by atoms with Crippen LogP contribution in [0.4, 0.5) is 4.39 Å². The van der Waals surface area contributed by atoms with E-state index in [0.29, 0.717) is 28.8 Å². The van der Waals surface area contributed by atoms with Gasteiger partial charge in [0.2, 0.25) is 0 Å². The van der Waals surface area contributed by atoms with Gasteiger partial charge in [-0.15, -0.1) is 0 Å². The van der Waals surface area contributed by atoms with Gasteiger partial charge in [-0.05, 0) is 36.8 Å². The van der Waals surface area contributed by atoms with Crippen molar-refractivity contribution in [3.05, 3.63) is 34.6 Å². The molecule has 1 nitrogen and oxygen atoms in total. The number of fused-ring (bicyclic) bond motifs is 1. The van der Waals surface area contributed by atoms with Gasteiger partial charge in [0.15, 0.2) is 0 Å². The monoisotopic (exact) mass is 254 g/mol. The van der Waals surface area contributed by atoms with Crippen molar-refractivity contribution >= 4 is 11.6 Å². The summed E-state index contributed by atoms with van der Waals surface area (Å²) in [7, 11) is 0. The van der Waals surface area contributed by atoms with Crippen molar-refractivity contribution in [2.75, 3.05) is 0 Å². The van der Waals surface area contributed by atoms with Gasteiger partial charge in [0.25, 0.3) is 0 Å². The van der Waals surface area contributed by atoms with Crippen molar-refractivity contribution in [1.29, 1.82) is 0 Å². The quantitative estimate of drug-likeness (QED) is 0.856. The van der Waals surface area contributed by atoms with E-state index in [4.69, 9.17) is 11.6 Å². The summed E-state index contributed by atoms with van der Waals surface area (Å²) in [5, 5.41) is 11.0. The Labute approximate surface area is 106 Å². The largest absolute Gasteiger partial charge is 0.389 e. The van der Waals surface area contributed by atoms with E-state index in [1.807, 2.05) is 0 Å².